The maximum absolute atomic E-state index is 12.0. The van der Waals surface area contributed by atoms with Crippen LogP contribution in [0.2, 0.25) is 0 Å². The van der Waals surface area contributed by atoms with E-state index in [9.17, 15) is 13.2 Å². The zero-order valence-electron chi connectivity index (χ0n) is 11.2. The summed E-state index contributed by atoms with van der Waals surface area (Å²) in [5.74, 6) is 5.18. The van der Waals surface area contributed by atoms with Crippen LogP contribution in [-0.2, 0) is 11.2 Å². The average Bonchev–Trinajstić information content (AvgIpc) is 2.38. The second-order valence-electron chi connectivity index (χ2n) is 4.33. The number of halogens is 3. The van der Waals surface area contributed by atoms with Crippen molar-refractivity contribution in [3.8, 4) is 5.75 Å². The Balaban J connectivity index is 2.50. The first kappa shape index (κ1) is 16.7. The molecule has 1 rings (SSSR count). The van der Waals surface area contributed by atoms with E-state index < -0.39 is 6.36 Å². The smallest absolute Gasteiger partial charge is 0.406 e. The van der Waals surface area contributed by atoms with Gasteiger partial charge in [0.25, 0.3) is 0 Å². The molecule has 0 aliphatic rings. The molecule has 0 spiro atoms. The summed E-state index contributed by atoms with van der Waals surface area (Å²) < 4.78 is 45.2. The van der Waals surface area contributed by atoms with Crippen molar-refractivity contribution >= 4 is 0 Å². The van der Waals surface area contributed by atoms with Gasteiger partial charge in [-0.15, -0.1) is 13.2 Å². The molecule has 0 bridgehead atoms. The van der Waals surface area contributed by atoms with E-state index in [0.29, 0.717) is 19.6 Å². The van der Waals surface area contributed by atoms with Crippen molar-refractivity contribution in [2.24, 2.45) is 5.84 Å². The van der Waals surface area contributed by atoms with Gasteiger partial charge in [-0.05, 0) is 30.5 Å². The first-order valence-electron chi connectivity index (χ1n) is 6.33. The fourth-order valence-electron chi connectivity index (χ4n) is 1.65. The summed E-state index contributed by atoms with van der Waals surface area (Å²) in [5, 5.41) is 0. The van der Waals surface area contributed by atoms with Crippen molar-refractivity contribution in [2.75, 3.05) is 13.2 Å². The Hall–Kier alpha value is -1.31. The number of nitrogens with one attached hydrogen (secondary N) is 1. The van der Waals surface area contributed by atoms with Gasteiger partial charge in [0.2, 0.25) is 0 Å². The molecular formula is C13H19F3N2O2. The van der Waals surface area contributed by atoms with E-state index in [1.165, 1.54) is 12.1 Å². The third-order valence-corrected chi connectivity index (χ3v) is 2.54. The molecule has 1 atom stereocenters. The summed E-state index contributed by atoms with van der Waals surface area (Å²) >= 11 is 0. The van der Waals surface area contributed by atoms with Crippen LogP contribution >= 0.6 is 0 Å². The lowest BCUT2D eigenvalue weighted by molar-refractivity contribution is -0.274. The molecule has 1 aromatic carbocycles. The van der Waals surface area contributed by atoms with E-state index in [4.69, 9.17) is 10.6 Å². The van der Waals surface area contributed by atoms with Gasteiger partial charge in [-0.3, -0.25) is 11.3 Å². The standard InChI is InChI=1S/C13H19F3N2O2/c1-2-7-19-9-11(18-17)8-10-3-5-12(6-4-10)20-13(14,15)16/h3-6,11,18H,2,7-9,17H2,1H3. The summed E-state index contributed by atoms with van der Waals surface area (Å²) in [5.41, 5.74) is 3.48. The maximum Gasteiger partial charge on any atom is 0.573 e. The summed E-state index contributed by atoms with van der Waals surface area (Å²) in [6, 6.07) is 5.62. The van der Waals surface area contributed by atoms with Gasteiger partial charge in [0, 0.05) is 12.6 Å². The van der Waals surface area contributed by atoms with Gasteiger partial charge in [-0.1, -0.05) is 19.1 Å². The van der Waals surface area contributed by atoms with E-state index >= 15 is 0 Å². The maximum atomic E-state index is 12.0. The van der Waals surface area contributed by atoms with Crippen molar-refractivity contribution in [3.05, 3.63) is 29.8 Å². The van der Waals surface area contributed by atoms with Crippen molar-refractivity contribution < 1.29 is 22.6 Å². The Morgan fingerprint density at radius 2 is 1.90 bits per heavy atom. The molecule has 0 radical (unpaired) electrons. The van der Waals surface area contributed by atoms with E-state index in [1.807, 2.05) is 6.92 Å². The second kappa shape index (κ2) is 8.08. The number of hydrogen-bond donors (Lipinski definition) is 2. The summed E-state index contributed by atoms with van der Waals surface area (Å²) in [6.45, 7) is 3.10. The highest BCUT2D eigenvalue weighted by molar-refractivity contribution is 5.27. The predicted octanol–water partition coefficient (Wildman–Crippen LogP) is 2.39. The highest BCUT2D eigenvalue weighted by Gasteiger charge is 2.30. The van der Waals surface area contributed by atoms with E-state index in [1.54, 1.807) is 12.1 Å². The molecule has 7 heteroatoms. The normalized spacial score (nSPS) is 13.2. The molecular weight excluding hydrogens is 273 g/mol. The zero-order valence-corrected chi connectivity index (χ0v) is 11.2. The van der Waals surface area contributed by atoms with Crippen LogP contribution in [0.25, 0.3) is 0 Å². The summed E-state index contributed by atoms with van der Waals surface area (Å²) in [7, 11) is 0. The highest BCUT2D eigenvalue weighted by Crippen LogP contribution is 2.22. The van der Waals surface area contributed by atoms with Crippen LogP contribution < -0.4 is 16.0 Å². The highest BCUT2D eigenvalue weighted by atomic mass is 19.4. The second-order valence-corrected chi connectivity index (χ2v) is 4.33. The quantitative estimate of drug-likeness (QED) is 0.439. The molecule has 1 unspecified atom stereocenters. The van der Waals surface area contributed by atoms with Crippen LogP contribution in [0.5, 0.6) is 5.75 Å². The van der Waals surface area contributed by atoms with Gasteiger partial charge in [0.05, 0.1) is 6.61 Å². The number of hydrogen-bond acceptors (Lipinski definition) is 4. The van der Waals surface area contributed by atoms with E-state index in [0.717, 1.165) is 12.0 Å². The third-order valence-electron chi connectivity index (χ3n) is 2.54. The van der Waals surface area contributed by atoms with Gasteiger partial charge in [0.15, 0.2) is 0 Å². The van der Waals surface area contributed by atoms with Crippen molar-refractivity contribution in [2.45, 2.75) is 32.2 Å². The molecule has 0 aliphatic carbocycles. The lowest BCUT2D eigenvalue weighted by atomic mass is 10.1. The number of ether oxygens (including phenoxy) is 2. The fraction of sp³-hybridized carbons (Fsp3) is 0.538. The summed E-state index contributed by atoms with van der Waals surface area (Å²) in [4.78, 5) is 0. The van der Waals surface area contributed by atoms with E-state index in [-0.39, 0.29) is 11.8 Å². The Morgan fingerprint density at radius 3 is 2.40 bits per heavy atom. The lowest BCUT2D eigenvalue weighted by Crippen LogP contribution is -2.40. The number of nitrogens with two attached hydrogens (primary N) is 1. The first-order chi connectivity index (χ1) is 9.44. The molecule has 0 aromatic heterocycles. The van der Waals surface area contributed by atoms with Gasteiger partial charge in [-0.25, -0.2) is 0 Å². The average molecular weight is 292 g/mol. The van der Waals surface area contributed by atoms with Gasteiger partial charge in [-0.2, -0.15) is 0 Å². The van der Waals surface area contributed by atoms with Crippen LogP contribution in [0, 0.1) is 0 Å². The molecule has 0 saturated heterocycles. The first-order valence-corrected chi connectivity index (χ1v) is 6.33. The van der Waals surface area contributed by atoms with Crippen LogP contribution in [0.15, 0.2) is 24.3 Å². The van der Waals surface area contributed by atoms with Crippen LogP contribution in [-0.4, -0.2) is 25.6 Å². The summed E-state index contributed by atoms with van der Waals surface area (Å²) in [6.07, 6.45) is -3.19. The van der Waals surface area contributed by atoms with Crippen LogP contribution in [0.4, 0.5) is 13.2 Å². The van der Waals surface area contributed by atoms with Gasteiger partial charge >= 0.3 is 6.36 Å². The minimum absolute atomic E-state index is 0.0871. The zero-order chi connectivity index (χ0) is 15.0. The topological polar surface area (TPSA) is 56.5 Å². The minimum Gasteiger partial charge on any atom is -0.406 e. The predicted molar refractivity (Wildman–Crippen MR) is 69.1 cm³/mol. The van der Waals surface area contributed by atoms with Crippen LogP contribution in [0.3, 0.4) is 0 Å². The van der Waals surface area contributed by atoms with Crippen LogP contribution in [0.1, 0.15) is 18.9 Å². The van der Waals surface area contributed by atoms with Gasteiger partial charge in [0.1, 0.15) is 5.75 Å². The third kappa shape index (κ3) is 6.74. The largest absolute Gasteiger partial charge is 0.573 e. The lowest BCUT2D eigenvalue weighted by Gasteiger charge is -2.16. The molecule has 114 valence electrons. The molecule has 4 nitrogen and oxygen atoms in total. The van der Waals surface area contributed by atoms with Crippen molar-refractivity contribution in [1.82, 2.24) is 5.43 Å². The Bertz CT molecular complexity index is 382. The number of alkyl halides is 3. The number of benzene rings is 1. The Kier molecular flexibility index (Phi) is 6.77. The Morgan fingerprint density at radius 1 is 1.25 bits per heavy atom. The van der Waals surface area contributed by atoms with Crippen molar-refractivity contribution in [1.29, 1.82) is 0 Å². The Labute approximate surface area is 116 Å². The van der Waals surface area contributed by atoms with E-state index in [2.05, 4.69) is 10.2 Å². The molecule has 0 amide bonds. The molecule has 0 aliphatic heterocycles. The van der Waals surface area contributed by atoms with Crippen molar-refractivity contribution in [3.63, 3.8) is 0 Å². The molecule has 0 fully saturated rings. The molecule has 3 N–H and O–H groups in total. The molecule has 20 heavy (non-hydrogen) atoms. The molecule has 1 aromatic rings. The van der Waals surface area contributed by atoms with Gasteiger partial charge < -0.3 is 9.47 Å². The molecule has 0 saturated carbocycles. The molecule has 0 heterocycles. The monoisotopic (exact) mass is 292 g/mol. The number of hydrazine groups is 1. The fourth-order valence-corrected chi connectivity index (χ4v) is 1.65. The minimum atomic E-state index is -4.67. The number of rotatable bonds is 8. The SMILES string of the molecule is CCCOCC(Cc1ccc(OC(F)(F)F)cc1)NN.